The molecule has 17 heavy (non-hydrogen) atoms. The maximum absolute atomic E-state index is 12.5. The van der Waals surface area contributed by atoms with E-state index in [4.69, 9.17) is 0 Å². The Labute approximate surface area is 103 Å². The molecule has 0 N–H and O–H groups in total. The molecule has 0 heterocycles. The standard InChI is InChI=1S/C16H18O/c1-16(2)13-9-5-3-7-11(13)15(17)12-8-4-6-10-14(12)16/h5,7-10,13H,3-4,6H2,1-2H3. The number of carbonyl (C=O) groups is 1. The number of rotatable bonds is 0. The van der Waals surface area contributed by atoms with Crippen LogP contribution in [0.2, 0.25) is 0 Å². The summed E-state index contributed by atoms with van der Waals surface area (Å²) in [5.41, 5.74) is 3.31. The molecule has 88 valence electrons. The summed E-state index contributed by atoms with van der Waals surface area (Å²) in [7, 11) is 0. The van der Waals surface area contributed by atoms with Crippen LogP contribution in [0.1, 0.15) is 33.1 Å². The first-order valence-corrected chi connectivity index (χ1v) is 6.45. The van der Waals surface area contributed by atoms with Gasteiger partial charge < -0.3 is 0 Å². The van der Waals surface area contributed by atoms with E-state index in [0.717, 1.165) is 30.4 Å². The van der Waals surface area contributed by atoms with Gasteiger partial charge in [-0.25, -0.2) is 0 Å². The van der Waals surface area contributed by atoms with E-state index in [-0.39, 0.29) is 17.1 Å². The molecule has 0 aromatic carbocycles. The summed E-state index contributed by atoms with van der Waals surface area (Å²) in [5.74, 6) is 0.537. The second-order valence-corrected chi connectivity index (χ2v) is 5.66. The van der Waals surface area contributed by atoms with E-state index in [1.54, 1.807) is 0 Å². The van der Waals surface area contributed by atoms with Gasteiger partial charge in [-0.1, -0.05) is 44.2 Å². The summed E-state index contributed by atoms with van der Waals surface area (Å²) < 4.78 is 0. The summed E-state index contributed by atoms with van der Waals surface area (Å²) in [5, 5.41) is 0. The second-order valence-electron chi connectivity index (χ2n) is 5.66. The van der Waals surface area contributed by atoms with Crippen molar-refractivity contribution in [1.82, 2.24) is 0 Å². The summed E-state index contributed by atoms with van der Waals surface area (Å²) in [6, 6.07) is 0. The summed E-state index contributed by atoms with van der Waals surface area (Å²) in [4.78, 5) is 12.5. The van der Waals surface area contributed by atoms with Crippen LogP contribution in [0.4, 0.5) is 0 Å². The van der Waals surface area contributed by atoms with Gasteiger partial charge in [-0.05, 0) is 24.8 Å². The molecule has 0 spiro atoms. The first kappa shape index (κ1) is 10.8. The van der Waals surface area contributed by atoms with Crippen LogP contribution >= 0.6 is 0 Å². The third-order valence-corrected chi connectivity index (χ3v) is 4.27. The lowest BCUT2D eigenvalue weighted by atomic mass is 9.59. The Kier molecular flexibility index (Phi) is 2.25. The maximum atomic E-state index is 12.5. The first-order chi connectivity index (χ1) is 8.12. The zero-order valence-electron chi connectivity index (χ0n) is 10.5. The van der Waals surface area contributed by atoms with Gasteiger partial charge in [0.05, 0.1) is 0 Å². The highest BCUT2D eigenvalue weighted by molar-refractivity contribution is 6.13. The largest absolute Gasteiger partial charge is 0.289 e. The maximum Gasteiger partial charge on any atom is 0.189 e. The van der Waals surface area contributed by atoms with Crippen molar-refractivity contribution in [3.8, 4) is 0 Å². The van der Waals surface area contributed by atoms with Crippen LogP contribution in [0.15, 0.2) is 47.1 Å². The molecule has 1 fully saturated rings. The third-order valence-electron chi connectivity index (χ3n) is 4.27. The van der Waals surface area contributed by atoms with Crippen molar-refractivity contribution in [2.45, 2.75) is 33.1 Å². The van der Waals surface area contributed by atoms with E-state index in [0.29, 0.717) is 0 Å². The van der Waals surface area contributed by atoms with Crippen molar-refractivity contribution in [1.29, 1.82) is 0 Å². The van der Waals surface area contributed by atoms with Crippen LogP contribution < -0.4 is 0 Å². The normalized spacial score (nSPS) is 29.9. The number of hydrogen-bond donors (Lipinski definition) is 0. The summed E-state index contributed by atoms with van der Waals surface area (Å²) in [6.45, 7) is 4.52. The molecule has 0 amide bonds. The fourth-order valence-corrected chi connectivity index (χ4v) is 3.33. The van der Waals surface area contributed by atoms with Crippen molar-refractivity contribution >= 4 is 5.78 Å². The van der Waals surface area contributed by atoms with E-state index in [1.165, 1.54) is 5.57 Å². The molecule has 1 unspecified atom stereocenters. The van der Waals surface area contributed by atoms with Gasteiger partial charge in [0.1, 0.15) is 0 Å². The van der Waals surface area contributed by atoms with Crippen molar-refractivity contribution < 1.29 is 4.79 Å². The molecular formula is C16H18O. The Morgan fingerprint density at radius 1 is 1.18 bits per heavy atom. The van der Waals surface area contributed by atoms with Gasteiger partial charge >= 0.3 is 0 Å². The molecule has 3 rings (SSSR count). The molecular weight excluding hydrogens is 208 g/mol. The second kappa shape index (κ2) is 3.56. The molecule has 1 saturated carbocycles. The Balaban J connectivity index is 2.17. The minimum absolute atomic E-state index is 0.0584. The van der Waals surface area contributed by atoms with E-state index < -0.39 is 0 Å². The minimum atomic E-state index is 0.0584. The summed E-state index contributed by atoms with van der Waals surface area (Å²) in [6.07, 6.45) is 13.9. The minimum Gasteiger partial charge on any atom is -0.289 e. The topological polar surface area (TPSA) is 17.1 Å². The van der Waals surface area contributed by atoms with E-state index in [2.05, 4.69) is 44.2 Å². The molecule has 0 bridgehead atoms. The van der Waals surface area contributed by atoms with Crippen LogP contribution in [0.25, 0.3) is 0 Å². The number of carbonyl (C=O) groups excluding carboxylic acids is 1. The number of fused-ring (bicyclic) bond motifs is 2. The lowest BCUT2D eigenvalue weighted by Crippen LogP contribution is -2.38. The van der Waals surface area contributed by atoms with Gasteiger partial charge in [0.25, 0.3) is 0 Å². The van der Waals surface area contributed by atoms with Crippen LogP contribution in [-0.4, -0.2) is 5.78 Å². The SMILES string of the molecule is CC1(C)C2=CCCC=C2C(=O)C2=CCC=CC21. The highest BCUT2D eigenvalue weighted by atomic mass is 16.1. The molecule has 0 aliphatic heterocycles. The lowest BCUT2D eigenvalue weighted by Gasteiger charge is -2.43. The zero-order valence-corrected chi connectivity index (χ0v) is 10.5. The summed E-state index contributed by atoms with van der Waals surface area (Å²) >= 11 is 0. The van der Waals surface area contributed by atoms with Crippen molar-refractivity contribution in [3.05, 3.63) is 47.1 Å². The van der Waals surface area contributed by atoms with Gasteiger partial charge in [0.15, 0.2) is 5.78 Å². The van der Waals surface area contributed by atoms with Gasteiger partial charge in [0.2, 0.25) is 0 Å². The molecule has 3 aliphatic carbocycles. The van der Waals surface area contributed by atoms with Gasteiger partial charge in [0, 0.05) is 22.5 Å². The molecule has 0 aromatic heterocycles. The van der Waals surface area contributed by atoms with E-state index >= 15 is 0 Å². The van der Waals surface area contributed by atoms with Crippen LogP contribution in [0.5, 0.6) is 0 Å². The Hall–Kier alpha value is -1.37. The van der Waals surface area contributed by atoms with Crippen molar-refractivity contribution in [2.24, 2.45) is 11.3 Å². The van der Waals surface area contributed by atoms with Gasteiger partial charge in [-0.15, -0.1) is 0 Å². The fraction of sp³-hybridized carbons (Fsp3) is 0.438. The van der Waals surface area contributed by atoms with Crippen molar-refractivity contribution in [3.63, 3.8) is 0 Å². The average molecular weight is 226 g/mol. The highest BCUT2D eigenvalue weighted by Crippen LogP contribution is 2.51. The number of allylic oxidation sites excluding steroid dienone is 8. The van der Waals surface area contributed by atoms with E-state index in [1.807, 2.05) is 0 Å². The fourth-order valence-electron chi connectivity index (χ4n) is 3.33. The Morgan fingerprint density at radius 2 is 1.94 bits per heavy atom. The molecule has 0 aromatic rings. The van der Waals surface area contributed by atoms with Gasteiger partial charge in [-0.2, -0.15) is 0 Å². The van der Waals surface area contributed by atoms with Crippen LogP contribution in [0.3, 0.4) is 0 Å². The van der Waals surface area contributed by atoms with Crippen LogP contribution in [0, 0.1) is 11.3 Å². The smallest absolute Gasteiger partial charge is 0.189 e. The first-order valence-electron chi connectivity index (χ1n) is 6.45. The average Bonchev–Trinajstić information content (AvgIpc) is 2.37. The van der Waals surface area contributed by atoms with Crippen LogP contribution in [-0.2, 0) is 4.79 Å². The monoisotopic (exact) mass is 226 g/mol. The Bertz CT molecular complexity index is 498. The highest BCUT2D eigenvalue weighted by Gasteiger charge is 2.44. The van der Waals surface area contributed by atoms with Crippen molar-refractivity contribution in [2.75, 3.05) is 0 Å². The number of ketones is 1. The molecule has 3 aliphatic rings. The third kappa shape index (κ3) is 1.41. The Morgan fingerprint density at radius 3 is 2.76 bits per heavy atom. The predicted molar refractivity (Wildman–Crippen MR) is 69.5 cm³/mol. The molecule has 1 nitrogen and oxygen atoms in total. The lowest BCUT2D eigenvalue weighted by molar-refractivity contribution is -0.113. The molecule has 0 radical (unpaired) electrons. The molecule has 1 heteroatoms. The molecule has 0 saturated heterocycles. The number of hydrogen-bond acceptors (Lipinski definition) is 1. The predicted octanol–water partition coefficient (Wildman–Crippen LogP) is 3.74. The van der Waals surface area contributed by atoms with E-state index in [9.17, 15) is 4.79 Å². The van der Waals surface area contributed by atoms with Gasteiger partial charge in [-0.3, -0.25) is 4.79 Å². The quantitative estimate of drug-likeness (QED) is 0.575. The zero-order chi connectivity index (χ0) is 12.0. The number of Topliss-reactive ketones (excluding diaryl/α,β-unsaturated/α-hetero) is 1. The molecule has 1 atom stereocenters.